The van der Waals surface area contributed by atoms with Crippen LogP contribution in [0.2, 0.25) is 0 Å². The molecule has 0 spiro atoms. The van der Waals surface area contributed by atoms with Crippen molar-refractivity contribution < 1.29 is 36.6 Å². The maximum Gasteiger partial charge on any atom is 0.471 e. The summed E-state index contributed by atoms with van der Waals surface area (Å²) in [7, 11) is 0. The zero-order chi connectivity index (χ0) is 18.3. The highest BCUT2D eigenvalue weighted by molar-refractivity contribution is 9.10. The Hall–Kier alpha value is -1.91. The van der Waals surface area contributed by atoms with E-state index in [4.69, 9.17) is 0 Å². The predicted octanol–water partition coefficient (Wildman–Crippen LogP) is 3.38. The second kappa shape index (κ2) is 6.19. The summed E-state index contributed by atoms with van der Waals surface area (Å²) in [5.41, 5.74) is -0.817. The Morgan fingerprint density at radius 2 is 1.79 bits per heavy atom. The average Bonchev–Trinajstić information content (AvgIpc) is 3.25. The number of phenols is 1. The Balaban J connectivity index is 2.35. The SMILES string of the molecule is O=C(N(c1ccc(O)c(NC(=O)C(F)(F)Br)c1)C1CC1)C(F)(F)F. The van der Waals surface area contributed by atoms with Gasteiger partial charge in [-0.15, -0.1) is 0 Å². The van der Waals surface area contributed by atoms with E-state index in [9.17, 15) is 36.6 Å². The molecule has 0 aliphatic heterocycles. The van der Waals surface area contributed by atoms with E-state index in [1.165, 1.54) is 0 Å². The van der Waals surface area contributed by atoms with Crippen LogP contribution in [-0.2, 0) is 9.59 Å². The molecule has 1 aromatic rings. The molecule has 2 amide bonds. The van der Waals surface area contributed by atoms with Crippen molar-refractivity contribution in [2.24, 2.45) is 0 Å². The molecule has 5 nitrogen and oxygen atoms in total. The largest absolute Gasteiger partial charge is 0.506 e. The third-order valence-electron chi connectivity index (χ3n) is 3.14. The minimum absolute atomic E-state index is 0.272. The summed E-state index contributed by atoms with van der Waals surface area (Å²) in [5.74, 6) is -4.58. The Bertz CT molecular complexity index is 671. The molecular weight excluding hydrogens is 407 g/mol. The zero-order valence-corrected chi connectivity index (χ0v) is 13.3. The van der Waals surface area contributed by atoms with Crippen LogP contribution in [0.25, 0.3) is 0 Å². The number of carbonyl (C=O) groups excluding carboxylic acids is 2. The molecule has 11 heteroatoms. The molecule has 2 rings (SSSR count). The van der Waals surface area contributed by atoms with E-state index in [-0.39, 0.29) is 5.69 Å². The summed E-state index contributed by atoms with van der Waals surface area (Å²) in [6, 6.07) is 2.08. The first-order valence-corrected chi connectivity index (χ1v) is 7.32. The summed E-state index contributed by atoms with van der Waals surface area (Å²) in [5, 5.41) is 11.3. The lowest BCUT2D eigenvalue weighted by Gasteiger charge is -2.24. The minimum Gasteiger partial charge on any atom is -0.506 e. The second-order valence-corrected chi connectivity index (χ2v) is 6.05. The van der Waals surface area contributed by atoms with Gasteiger partial charge in [0.1, 0.15) is 5.75 Å². The summed E-state index contributed by atoms with van der Waals surface area (Å²) in [4.78, 5) is 19.3. The van der Waals surface area contributed by atoms with Gasteiger partial charge in [-0.1, -0.05) is 0 Å². The maximum absolute atomic E-state index is 12.8. The van der Waals surface area contributed by atoms with E-state index in [1.807, 2.05) is 15.9 Å². The lowest BCUT2D eigenvalue weighted by Crippen LogP contribution is -2.42. The summed E-state index contributed by atoms with van der Waals surface area (Å²) < 4.78 is 63.8. The fourth-order valence-corrected chi connectivity index (χ4v) is 2.03. The number of alkyl halides is 6. The van der Waals surface area contributed by atoms with Gasteiger partial charge in [-0.05, 0) is 31.0 Å². The second-order valence-electron chi connectivity index (χ2n) is 5.06. The van der Waals surface area contributed by atoms with Gasteiger partial charge in [0, 0.05) is 27.7 Å². The first-order valence-electron chi connectivity index (χ1n) is 6.53. The van der Waals surface area contributed by atoms with Crippen LogP contribution in [0.1, 0.15) is 12.8 Å². The van der Waals surface area contributed by atoms with E-state index in [0.717, 1.165) is 18.2 Å². The molecule has 0 atom stereocenters. The van der Waals surface area contributed by atoms with Gasteiger partial charge in [-0.2, -0.15) is 22.0 Å². The molecule has 0 bridgehead atoms. The molecule has 1 aromatic carbocycles. The first-order chi connectivity index (χ1) is 10.9. The van der Waals surface area contributed by atoms with Gasteiger partial charge >= 0.3 is 22.8 Å². The molecule has 132 valence electrons. The summed E-state index contributed by atoms with van der Waals surface area (Å²) in [6.07, 6.45) is -4.42. The number of hydrogen-bond acceptors (Lipinski definition) is 3. The number of halogens is 6. The molecule has 1 aliphatic rings. The van der Waals surface area contributed by atoms with Crippen LogP contribution in [0.5, 0.6) is 5.75 Å². The van der Waals surface area contributed by atoms with Crippen LogP contribution in [-0.4, -0.2) is 34.0 Å². The third-order valence-corrected chi connectivity index (χ3v) is 3.50. The fraction of sp³-hybridized carbons (Fsp3) is 0.385. The number of aromatic hydroxyl groups is 1. The van der Waals surface area contributed by atoms with Crippen LogP contribution >= 0.6 is 15.9 Å². The van der Waals surface area contributed by atoms with Gasteiger partial charge in [-0.3, -0.25) is 9.59 Å². The highest BCUT2D eigenvalue weighted by Crippen LogP contribution is 2.38. The van der Waals surface area contributed by atoms with Crippen molar-refractivity contribution in [1.82, 2.24) is 0 Å². The number of anilines is 2. The Labute approximate surface area is 140 Å². The standard InChI is InChI=1S/C13H10BrF5N2O3/c14-12(15,16)10(23)20-8-5-7(3-4-9(8)22)21(6-1-2-6)11(24)13(17,18)19/h3-6,22H,1-2H2,(H,20,23). The number of benzene rings is 1. The number of rotatable bonds is 4. The van der Waals surface area contributed by atoms with Gasteiger partial charge in [0.05, 0.1) is 5.69 Å². The molecule has 2 N–H and O–H groups in total. The van der Waals surface area contributed by atoms with Gasteiger partial charge in [0.2, 0.25) is 0 Å². The average molecular weight is 417 g/mol. The van der Waals surface area contributed by atoms with Crippen molar-refractivity contribution in [3.8, 4) is 5.75 Å². The number of hydrogen-bond donors (Lipinski definition) is 2. The Kier molecular flexibility index (Phi) is 4.75. The van der Waals surface area contributed by atoms with Gasteiger partial charge < -0.3 is 15.3 Å². The van der Waals surface area contributed by atoms with Crippen LogP contribution in [0.3, 0.4) is 0 Å². The molecule has 1 aliphatic carbocycles. The fourth-order valence-electron chi connectivity index (χ4n) is 1.93. The van der Waals surface area contributed by atoms with Crippen LogP contribution in [0.15, 0.2) is 18.2 Å². The smallest absolute Gasteiger partial charge is 0.471 e. The third kappa shape index (κ3) is 4.13. The minimum atomic E-state index is -5.12. The van der Waals surface area contributed by atoms with Crippen molar-refractivity contribution in [2.75, 3.05) is 10.2 Å². The van der Waals surface area contributed by atoms with Crippen molar-refractivity contribution in [1.29, 1.82) is 0 Å². The van der Waals surface area contributed by atoms with Crippen LogP contribution < -0.4 is 10.2 Å². The zero-order valence-electron chi connectivity index (χ0n) is 11.7. The van der Waals surface area contributed by atoms with Crippen molar-refractivity contribution in [3.63, 3.8) is 0 Å². The first kappa shape index (κ1) is 18.4. The van der Waals surface area contributed by atoms with Crippen LogP contribution in [0.4, 0.5) is 33.3 Å². The topological polar surface area (TPSA) is 69.6 Å². The van der Waals surface area contributed by atoms with Gasteiger partial charge in [-0.25, -0.2) is 0 Å². The molecule has 24 heavy (non-hydrogen) atoms. The number of nitrogens with one attached hydrogen (secondary N) is 1. The molecule has 0 aromatic heterocycles. The van der Waals surface area contributed by atoms with E-state index in [2.05, 4.69) is 0 Å². The lowest BCUT2D eigenvalue weighted by atomic mass is 10.2. The van der Waals surface area contributed by atoms with Crippen molar-refractivity contribution >= 4 is 39.1 Å². The molecule has 0 radical (unpaired) electrons. The monoisotopic (exact) mass is 416 g/mol. The van der Waals surface area contributed by atoms with Gasteiger partial charge in [0.15, 0.2) is 0 Å². The van der Waals surface area contributed by atoms with Crippen molar-refractivity contribution in [2.45, 2.75) is 29.9 Å². The normalized spacial score (nSPS) is 15.1. The molecular formula is C13H10BrF5N2O3. The number of phenolic OH excluding ortho intramolecular Hbond substituents is 1. The summed E-state index contributed by atoms with van der Waals surface area (Å²) >= 11 is 1.82. The van der Waals surface area contributed by atoms with Crippen LogP contribution in [0, 0.1) is 0 Å². The van der Waals surface area contributed by atoms with E-state index in [0.29, 0.717) is 17.7 Å². The Morgan fingerprint density at radius 3 is 2.25 bits per heavy atom. The molecule has 0 unspecified atom stereocenters. The van der Waals surface area contributed by atoms with E-state index < -0.39 is 40.3 Å². The Morgan fingerprint density at radius 1 is 1.21 bits per heavy atom. The quantitative estimate of drug-likeness (QED) is 0.449. The van der Waals surface area contributed by atoms with E-state index >= 15 is 0 Å². The maximum atomic E-state index is 12.8. The molecule has 1 saturated carbocycles. The highest BCUT2D eigenvalue weighted by Gasteiger charge is 2.48. The molecule has 0 heterocycles. The predicted molar refractivity (Wildman–Crippen MR) is 77.2 cm³/mol. The number of nitrogens with zero attached hydrogens (tertiary/aromatic N) is 1. The molecule has 0 saturated heterocycles. The van der Waals surface area contributed by atoms with Gasteiger partial charge in [0.25, 0.3) is 0 Å². The number of amides is 2. The van der Waals surface area contributed by atoms with Crippen molar-refractivity contribution in [3.05, 3.63) is 18.2 Å². The molecule has 1 fully saturated rings. The van der Waals surface area contributed by atoms with E-state index in [1.54, 1.807) is 5.32 Å². The lowest BCUT2D eigenvalue weighted by molar-refractivity contribution is -0.170. The highest BCUT2D eigenvalue weighted by atomic mass is 79.9. The summed E-state index contributed by atoms with van der Waals surface area (Å²) in [6.45, 7) is 0. The number of carbonyl (C=O) groups is 2.